The molecule has 2 N–H and O–H groups in total. The molecule has 0 aromatic heterocycles. The van der Waals surface area contributed by atoms with Crippen LogP contribution in [0, 0.1) is 11.3 Å². The van der Waals surface area contributed by atoms with E-state index in [2.05, 4.69) is 31.0 Å². The van der Waals surface area contributed by atoms with Crippen molar-refractivity contribution in [2.75, 3.05) is 39.3 Å². The normalized spacial score (nSPS) is 27.1. The summed E-state index contributed by atoms with van der Waals surface area (Å²) in [5.41, 5.74) is 0.428. The molecule has 0 saturated heterocycles. The maximum atomic E-state index is 9.29. The molecule has 0 spiro atoms. The molecule has 20 heavy (non-hydrogen) atoms. The molecule has 0 bridgehead atoms. The van der Waals surface area contributed by atoms with Crippen molar-refractivity contribution in [2.24, 2.45) is 11.3 Å². The van der Waals surface area contributed by atoms with Crippen LogP contribution in [0.2, 0.25) is 0 Å². The van der Waals surface area contributed by atoms with E-state index in [-0.39, 0.29) is 6.61 Å². The highest BCUT2D eigenvalue weighted by molar-refractivity contribution is 4.90. The van der Waals surface area contributed by atoms with Crippen LogP contribution in [0.25, 0.3) is 0 Å². The summed E-state index contributed by atoms with van der Waals surface area (Å²) in [6.07, 6.45) is 7.83. The van der Waals surface area contributed by atoms with Gasteiger partial charge in [-0.15, -0.1) is 0 Å². The Hall–Kier alpha value is -0.120. The van der Waals surface area contributed by atoms with Gasteiger partial charge >= 0.3 is 0 Å². The first-order valence-corrected chi connectivity index (χ1v) is 8.69. The van der Waals surface area contributed by atoms with E-state index in [1.165, 1.54) is 38.5 Å². The monoisotopic (exact) mass is 284 g/mol. The zero-order valence-corrected chi connectivity index (χ0v) is 14.0. The fourth-order valence-corrected chi connectivity index (χ4v) is 3.86. The summed E-state index contributed by atoms with van der Waals surface area (Å²) in [5, 5.41) is 13.0. The minimum Gasteiger partial charge on any atom is -0.395 e. The third kappa shape index (κ3) is 6.11. The van der Waals surface area contributed by atoms with Crippen LogP contribution in [-0.2, 0) is 0 Å². The highest BCUT2D eigenvalue weighted by atomic mass is 16.3. The van der Waals surface area contributed by atoms with Crippen LogP contribution >= 0.6 is 0 Å². The maximum absolute atomic E-state index is 9.29. The Bertz CT molecular complexity index is 241. The molecule has 0 amide bonds. The Kier molecular flexibility index (Phi) is 8.74. The SMILES string of the molecule is CCCNCC1(CN(CCC)CCO)CCCC(C)C1. The summed E-state index contributed by atoms with van der Waals surface area (Å²) in [7, 11) is 0. The summed E-state index contributed by atoms with van der Waals surface area (Å²) in [6, 6.07) is 0. The van der Waals surface area contributed by atoms with E-state index in [1.54, 1.807) is 0 Å². The molecule has 3 heteroatoms. The third-order valence-electron chi connectivity index (χ3n) is 4.63. The topological polar surface area (TPSA) is 35.5 Å². The second kappa shape index (κ2) is 9.75. The molecular formula is C17H36N2O. The highest BCUT2D eigenvalue weighted by Gasteiger charge is 2.35. The lowest BCUT2D eigenvalue weighted by molar-refractivity contribution is 0.0704. The molecule has 1 aliphatic carbocycles. The van der Waals surface area contributed by atoms with Crippen molar-refractivity contribution in [1.82, 2.24) is 10.2 Å². The molecule has 1 fully saturated rings. The third-order valence-corrected chi connectivity index (χ3v) is 4.63. The van der Waals surface area contributed by atoms with E-state index in [1.807, 2.05) is 0 Å². The van der Waals surface area contributed by atoms with E-state index in [4.69, 9.17) is 0 Å². The molecular weight excluding hydrogens is 248 g/mol. The van der Waals surface area contributed by atoms with Crippen LogP contribution in [0.3, 0.4) is 0 Å². The molecule has 1 aliphatic rings. The van der Waals surface area contributed by atoms with E-state index in [0.29, 0.717) is 5.41 Å². The largest absolute Gasteiger partial charge is 0.395 e. The molecule has 0 heterocycles. The Labute approximate surface area is 126 Å². The van der Waals surface area contributed by atoms with Crippen LogP contribution in [0.4, 0.5) is 0 Å². The fraction of sp³-hybridized carbons (Fsp3) is 1.00. The predicted octanol–water partition coefficient (Wildman–Crippen LogP) is 2.89. The highest BCUT2D eigenvalue weighted by Crippen LogP contribution is 2.39. The second-order valence-corrected chi connectivity index (χ2v) is 6.88. The smallest absolute Gasteiger partial charge is 0.0558 e. The number of nitrogens with zero attached hydrogens (tertiary/aromatic N) is 1. The van der Waals surface area contributed by atoms with Crippen LogP contribution < -0.4 is 5.32 Å². The summed E-state index contributed by atoms with van der Waals surface area (Å²) in [5.74, 6) is 0.852. The minimum absolute atomic E-state index is 0.286. The molecule has 1 rings (SSSR count). The fourth-order valence-electron chi connectivity index (χ4n) is 3.86. The van der Waals surface area contributed by atoms with Gasteiger partial charge in [-0.3, -0.25) is 0 Å². The van der Waals surface area contributed by atoms with Crippen LogP contribution in [-0.4, -0.2) is 49.3 Å². The van der Waals surface area contributed by atoms with Gasteiger partial charge in [0.25, 0.3) is 0 Å². The Morgan fingerprint density at radius 2 is 2.05 bits per heavy atom. The van der Waals surface area contributed by atoms with Crippen molar-refractivity contribution in [3.8, 4) is 0 Å². The Morgan fingerprint density at radius 3 is 2.65 bits per heavy atom. The second-order valence-electron chi connectivity index (χ2n) is 6.88. The number of aliphatic hydroxyl groups excluding tert-OH is 1. The lowest BCUT2D eigenvalue weighted by Crippen LogP contribution is -2.47. The molecule has 0 aromatic rings. The van der Waals surface area contributed by atoms with Gasteiger partial charge < -0.3 is 15.3 Å². The molecule has 0 radical (unpaired) electrons. The zero-order chi connectivity index (χ0) is 14.8. The van der Waals surface area contributed by atoms with Gasteiger partial charge in [-0.1, -0.05) is 33.6 Å². The first-order chi connectivity index (χ1) is 9.65. The molecule has 2 atom stereocenters. The van der Waals surface area contributed by atoms with Crippen molar-refractivity contribution < 1.29 is 5.11 Å². The van der Waals surface area contributed by atoms with Crippen molar-refractivity contribution in [3.63, 3.8) is 0 Å². The van der Waals surface area contributed by atoms with Gasteiger partial charge in [-0.2, -0.15) is 0 Å². The average Bonchev–Trinajstić information content (AvgIpc) is 2.39. The number of hydrogen-bond donors (Lipinski definition) is 2. The quantitative estimate of drug-likeness (QED) is 0.606. The predicted molar refractivity (Wildman–Crippen MR) is 87.0 cm³/mol. The minimum atomic E-state index is 0.286. The van der Waals surface area contributed by atoms with E-state index in [9.17, 15) is 5.11 Å². The Morgan fingerprint density at radius 1 is 1.25 bits per heavy atom. The lowest BCUT2D eigenvalue weighted by Gasteiger charge is -2.43. The zero-order valence-electron chi connectivity index (χ0n) is 14.0. The molecule has 1 saturated carbocycles. The number of aliphatic hydroxyl groups is 1. The van der Waals surface area contributed by atoms with Crippen molar-refractivity contribution in [2.45, 2.75) is 59.3 Å². The average molecular weight is 284 g/mol. The summed E-state index contributed by atoms with van der Waals surface area (Å²) in [6.45, 7) is 12.5. The Balaban J connectivity index is 2.64. The number of rotatable bonds is 10. The van der Waals surface area contributed by atoms with E-state index in [0.717, 1.165) is 38.6 Å². The van der Waals surface area contributed by atoms with Gasteiger partial charge in [0.1, 0.15) is 0 Å². The van der Waals surface area contributed by atoms with Crippen molar-refractivity contribution in [3.05, 3.63) is 0 Å². The van der Waals surface area contributed by atoms with Crippen molar-refractivity contribution in [1.29, 1.82) is 0 Å². The standard InChI is InChI=1S/C17H36N2O/c1-4-9-18-14-17(8-6-7-16(3)13-17)15-19(10-5-2)11-12-20/h16,18,20H,4-15H2,1-3H3. The van der Waals surface area contributed by atoms with Gasteiger partial charge in [0.05, 0.1) is 6.61 Å². The van der Waals surface area contributed by atoms with Gasteiger partial charge in [0.2, 0.25) is 0 Å². The molecule has 0 aliphatic heterocycles. The molecule has 0 aromatic carbocycles. The van der Waals surface area contributed by atoms with Crippen LogP contribution in [0.15, 0.2) is 0 Å². The molecule has 3 nitrogen and oxygen atoms in total. The van der Waals surface area contributed by atoms with Gasteiger partial charge in [0, 0.05) is 19.6 Å². The van der Waals surface area contributed by atoms with E-state index >= 15 is 0 Å². The van der Waals surface area contributed by atoms with Gasteiger partial charge in [-0.25, -0.2) is 0 Å². The van der Waals surface area contributed by atoms with E-state index < -0.39 is 0 Å². The molecule has 2 unspecified atom stereocenters. The van der Waals surface area contributed by atoms with Crippen molar-refractivity contribution >= 4 is 0 Å². The first kappa shape index (κ1) is 17.9. The summed E-state index contributed by atoms with van der Waals surface area (Å²) >= 11 is 0. The summed E-state index contributed by atoms with van der Waals surface area (Å²) < 4.78 is 0. The lowest BCUT2D eigenvalue weighted by atomic mass is 9.69. The summed E-state index contributed by atoms with van der Waals surface area (Å²) in [4.78, 5) is 2.48. The number of nitrogens with one attached hydrogen (secondary N) is 1. The van der Waals surface area contributed by atoms with Crippen LogP contribution in [0.5, 0.6) is 0 Å². The first-order valence-electron chi connectivity index (χ1n) is 8.69. The number of hydrogen-bond acceptors (Lipinski definition) is 3. The van der Waals surface area contributed by atoms with Gasteiger partial charge in [0.15, 0.2) is 0 Å². The van der Waals surface area contributed by atoms with Crippen LogP contribution in [0.1, 0.15) is 59.3 Å². The van der Waals surface area contributed by atoms with Gasteiger partial charge in [-0.05, 0) is 50.1 Å². The molecule has 120 valence electrons. The maximum Gasteiger partial charge on any atom is 0.0558 e.